The quantitative estimate of drug-likeness (QED) is 0.212. The van der Waals surface area contributed by atoms with Crippen molar-refractivity contribution in [3.8, 4) is 5.82 Å². The molecule has 0 atom stereocenters. The van der Waals surface area contributed by atoms with Crippen LogP contribution in [0.2, 0.25) is 0 Å². The molecule has 2 aromatic heterocycles. The molecule has 9 rings (SSSR count). The average Bonchev–Trinajstić information content (AvgIpc) is 3.53. The molecule has 5 nitrogen and oxygen atoms in total. The molecule has 212 valence electrons. The molecule has 2 aliphatic heterocycles. The number of anilines is 6. The lowest BCUT2D eigenvalue weighted by Gasteiger charge is -2.29. The highest BCUT2D eigenvalue weighted by molar-refractivity contribution is 6.10. The van der Waals surface area contributed by atoms with Crippen LogP contribution in [0.1, 0.15) is 11.1 Å². The van der Waals surface area contributed by atoms with E-state index in [1.807, 2.05) is 12.3 Å². The first-order valence-electron chi connectivity index (χ1n) is 15.3. The molecule has 5 heteroatoms. The van der Waals surface area contributed by atoms with Gasteiger partial charge in [-0.3, -0.25) is 4.57 Å². The van der Waals surface area contributed by atoms with E-state index in [4.69, 9.17) is 4.98 Å². The van der Waals surface area contributed by atoms with Gasteiger partial charge in [0.2, 0.25) is 0 Å². The SMILES string of the molecule is CN1CN(c2ccc3c(c2)N(c2ccc4c5ccccc5n(-c5ccccn5)c4c2)c2ccccc2CC3)c2ccccc21. The Balaban J connectivity index is 1.28. The van der Waals surface area contributed by atoms with Crippen LogP contribution in [0.15, 0.2) is 134 Å². The number of aryl methyl sites for hydroxylation is 2. The molecule has 0 amide bonds. The summed E-state index contributed by atoms with van der Waals surface area (Å²) in [6, 6.07) is 46.3. The molecule has 7 aromatic rings. The summed E-state index contributed by atoms with van der Waals surface area (Å²) >= 11 is 0. The number of benzene rings is 5. The number of nitrogens with zero attached hydrogens (tertiary/aromatic N) is 5. The third-order valence-corrected chi connectivity index (χ3v) is 9.25. The van der Waals surface area contributed by atoms with Gasteiger partial charge in [-0.25, -0.2) is 4.98 Å². The van der Waals surface area contributed by atoms with Crippen molar-refractivity contribution >= 4 is 55.9 Å². The van der Waals surface area contributed by atoms with Gasteiger partial charge in [0.05, 0.1) is 34.8 Å². The Kier molecular flexibility index (Phi) is 5.54. The Hall–Kier alpha value is -5.55. The Morgan fingerprint density at radius 1 is 0.545 bits per heavy atom. The van der Waals surface area contributed by atoms with Gasteiger partial charge in [-0.1, -0.05) is 66.7 Å². The van der Waals surface area contributed by atoms with Crippen LogP contribution >= 0.6 is 0 Å². The van der Waals surface area contributed by atoms with Crippen LogP contribution in [0.5, 0.6) is 0 Å². The first-order chi connectivity index (χ1) is 21.7. The maximum Gasteiger partial charge on any atom is 0.137 e. The van der Waals surface area contributed by atoms with E-state index in [1.54, 1.807) is 0 Å². The van der Waals surface area contributed by atoms with Gasteiger partial charge < -0.3 is 14.7 Å². The van der Waals surface area contributed by atoms with Crippen molar-refractivity contribution < 1.29 is 0 Å². The lowest BCUT2D eigenvalue weighted by Crippen LogP contribution is -2.24. The summed E-state index contributed by atoms with van der Waals surface area (Å²) in [4.78, 5) is 12.0. The minimum absolute atomic E-state index is 0.824. The smallest absolute Gasteiger partial charge is 0.137 e. The number of rotatable bonds is 3. The highest BCUT2D eigenvalue weighted by Crippen LogP contribution is 2.47. The molecule has 0 saturated heterocycles. The van der Waals surface area contributed by atoms with E-state index in [0.29, 0.717) is 0 Å². The fourth-order valence-corrected chi connectivity index (χ4v) is 7.19. The van der Waals surface area contributed by atoms with Gasteiger partial charge >= 0.3 is 0 Å². The predicted octanol–water partition coefficient (Wildman–Crippen LogP) is 9.29. The summed E-state index contributed by atoms with van der Waals surface area (Å²) in [6.45, 7) is 0.824. The van der Waals surface area contributed by atoms with Gasteiger partial charge in [0.1, 0.15) is 5.82 Å². The highest BCUT2D eigenvalue weighted by atomic mass is 15.4. The van der Waals surface area contributed by atoms with Crippen LogP contribution in [0.25, 0.3) is 27.6 Å². The van der Waals surface area contributed by atoms with E-state index in [-0.39, 0.29) is 0 Å². The Morgan fingerprint density at radius 3 is 2.11 bits per heavy atom. The topological polar surface area (TPSA) is 27.5 Å². The van der Waals surface area contributed by atoms with Crippen molar-refractivity contribution in [3.63, 3.8) is 0 Å². The Morgan fingerprint density at radius 2 is 1.25 bits per heavy atom. The van der Waals surface area contributed by atoms with Crippen molar-refractivity contribution in [1.82, 2.24) is 9.55 Å². The van der Waals surface area contributed by atoms with Crippen LogP contribution < -0.4 is 14.7 Å². The van der Waals surface area contributed by atoms with Crippen molar-refractivity contribution in [3.05, 3.63) is 145 Å². The molecule has 0 radical (unpaired) electrons. The van der Waals surface area contributed by atoms with Crippen molar-refractivity contribution in [2.45, 2.75) is 12.8 Å². The number of hydrogen-bond acceptors (Lipinski definition) is 4. The molecule has 0 N–H and O–H groups in total. The maximum absolute atomic E-state index is 4.77. The van der Waals surface area contributed by atoms with E-state index in [1.165, 1.54) is 50.3 Å². The summed E-state index contributed by atoms with van der Waals surface area (Å²) in [5.41, 5.74) is 12.4. The lowest BCUT2D eigenvalue weighted by atomic mass is 10.0. The number of para-hydroxylation sites is 4. The molecule has 0 saturated carbocycles. The molecular formula is C39H31N5. The average molecular weight is 570 g/mol. The highest BCUT2D eigenvalue weighted by Gasteiger charge is 2.28. The summed E-state index contributed by atoms with van der Waals surface area (Å²) in [7, 11) is 2.17. The molecule has 4 heterocycles. The van der Waals surface area contributed by atoms with E-state index < -0.39 is 0 Å². The minimum atomic E-state index is 0.824. The normalized spacial score (nSPS) is 14.1. The summed E-state index contributed by atoms with van der Waals surface area (Å²) < 4.78 is 2.30. The van der Waals surface area contributed by atoms with Gasteiger partial charge in [-0.2, -0.15) is 0 Å². The molecule has 0 unspecified atom stereocenters. The second-order valence-corrected chi connectivity index (χ2v) is 11.8. The van der Waals surface area contributed by atoms with Gasteiger partial charge in [-0.15, -0.1) is 0 Å². The Labute approximate surface area is 256 Å². The molecule has 0 spiro atoms. The summed E-state index contributed by atoms with van der Waals surface area (Å²) in [5, 5.41) is 2.46. The molecule has 44 heavy (non-hydrogen) atoms. The van der Waals surface area contributed by atoms with Crippen LogP contribution in [0.4, 0.5) is 34.1 Å². The van der Waals surface area contributed by atoms with Crippen molar-refractivity contribution in [2.75, 3.05) is 28.4 Å². The first kappa shape index (κ1) is 25.0. The van der Waals surface area contributed by atoms with Crippen molar-refractivity contribution in [1.29, 1.82) is 0 Å². The van der Waals surface area contributed by atoms with Crippen LogP contribution in [0, 0.1) is 0 Å². The molecule has 2 aliphatic rings. The predicted molar refractivity (Wildman–Crippen MR) is 183 cm³/mol. The standard InChI is InChI=1S/C39H31N5/c1-41-26-42(36-15-7-6-14-35(36)41)29-20-19-28-18-17-27-10-2-4-12-33(27)43(37(28)24-29)30-21-22-32-31-11-3-5-13-34(31)44(38(32)25-30)39-16-8-9-23-40-39/h2-16,19-25H,17-18,26H2,1H3. The summed E-state index contributed by atoms with van der Waals surface area (Å²) in [5.74, 6) is 0.923. The molecule has 0 bridgehead atoms. The Bertz CT molecular complexity index is 2200. The van der Waals surface area contributed by atoms with Gasteiger partial charge in [-0.05, 0) is 84.6 Å². The third kappa shape index (κ3) is 3.75. The molecular weight excluding hydrogens is 538 g/mol. The van der Waals surface area contributed by atoms with Crippen LogP contribution in [-0.2, 0) is 12.8 Å². The van der Waals surface area contributed by atoms with Gasteiger partial charge in [0, 0.05) is 41.1 Å². The third-order valence-electron chi connectivity index (χ3n) is 9.25. The van der Waals surface area contributed by atoms with E-state index in [9.17, 15) is 0 Å². The van der Waals surface area contributed by atoms with E-state index >= 15 is 0 Å². The molecule has 0 aliphatic carbocycles. The van der Waals surface area contributed by atoms with Gasteiger partial charge in [0.25, 0.3) is 0 Å². The zero-order valence-corrected chi connectivity index (χ0v) is 24.6. The first-order valence-corrected chi connectivity index (χ1v) is 15.3. The molecule has 0 fully saturated rings. The zero-order chi connectivity index (χ0) is 29.2. The second kappa shape index (κ2) is 9.75. The number of fused-ring (bicyclic) bond motifs is 6. The monoisotopic (exact) mass is 569 g/mol. The molecule has 5 aromatic carbocycles. The van der Waals surface area contributed by atoms with Gasteiger partial charge in [0.15, 0.2) is 0 Å². The zero-order valence-electron chi connectivity index (χ0n) is 24.6. The van der Waals surface area contributed by atoms with Crippen molar-refractivity contribution in [2.24, 2.45) is 0 Å². The summed E-state index contributed by atoms with van der Waals surface area (Å²) in [6.07, 6.45) is 3.87. The lowest BCUT2D eigenvalue weighted by molar-refractivity contribution is 0.946. The maximum atomic E-state index is 4.77. The van der Waals surface area contributed by atoms with Crippen LogP contribution in [-0.4, -0.2) is 23.3 Å². The van der Waals surface area contributed by atoms with E-state index in [2.05, 4.69) is 148 Å². The van der Waals surface area contributed by atoms with E-state index in [0.717, 1.165) is 42.0 Å². The number of pyridine rings is 1. The fraction of sp³-hybridized carbons (Fsp3) is 0.103. The number of hydrogen-bond donors (Lipinski definition) is 0. The van der Waals surface area contributed by atoms with Crippen LogP contribution in [0.3, 0.4) is 0 Å². The number of aromatic nitrogens is 2. The minimum Gasteiger partial charge on any atom is -0.355 e. The largest absolute Gasteiger partial charge is 0.355 e. The second-order valence-electron chi connectivity index (χ2n) is 11.8. The fourth-order valence-electron chi connectivity index (χ4n) is 7.19.